The van der Waals surface area contributed by atoms with Crippen LogP contribution in [0.5, 0.6) is 0 Å². The largest absolute Gasteiger partial charge is 0.381 e. The third-order valence-electron chi connectivity index (χ3n) is 4.83. The van der Waals surface area contributed by atoms with Crippen LogP contribution in [0.25, 0.3) is 0 Å². The Labute approximate surface area is 134 Å². The number of nitrogens with zero attached hydrogens (tertiary/aromatic N) is 3. The van der Waals surface area contributed by atoms with Crippen molar-refractivity contribution >= 4 is 5.91 Å². The summed E-state index contributed by atoms with van der Waals surface area (Å²) < 4.78 is 7.08. The molecule has 1 saturated heterocycles. The molecule has 1 amide bonds. The number of aromatic amines is 1. The molecule has 1 aliphatic carbocycles. The van der Waals surface area contributed by atoms with Crippen LogP contribution in [0.4, 0.5) is 0 Å². The van der Waals surface area contributed by atoms with Crippen molar-refractivity contribution in [2.24, 2.45) is 7.05 Å². The second-order valence-corrected chi connectivity index (χ2v) is 6.44. The maximum absolute atomic E-state index is 12.7. The summed E-state index contributed by atoms with van der Waals surface area (Å²) >= 11 is 0. The van der Waals surface area contributed by atoms with E-state index in [9.17, 15) is 4.79 Å². The first-order valence-corrected chi connectivity index (χ1v) is 8.12. The Balaban J connectivity index is 1.51. The van der Waals surface area contributed by atoms with Crippen molar-refractivity contribution < 1.29 is 9.53 Å². The SMILES string of the molecule is Cn1nc(C2CCOCC2)cc1C(=O)NC1(c2ncc[nH]2)CC1. The van der Waals surface area contributed by atoms with Gasteiger partial charge in [-0.15, -0.1) is 0 Å². The fourth-order valence-corrected chi connectivity index (χ4v) is 3.25. The molecular formula is C16H21N5O2. The summed E-state index contributed by atoms with van der Waals surface area (Å²) in [5.74, 6) is 1.13. The molecule has 2 aliphatic rings. The second-order valence-electron chi connectivity index (χ2n) is 6.44. The maximum Gasteiger partial charge on any atom is 0.270 e. The highest BCUT2D eigenvalue weighted by atomic mass is 16.5. The van der Waals surface area contributed by atoms with Crippen LogP contribution in [-0.2, 0) is 17.3 Å². The highest BCUT2D eigenvalue weighted by Gasteiger charge is 2.48. The Morgan fingerprint density at radius 3 is 2.87 bits per heavy atom. The lowest BCUT2D eigenvalue weighted by molar-refractivity contribution is 0.0844. The Bertz CT molecular complexity index is 696. The molecule has 4 rings (SSSR count). The smallest absolute Gasteiger partial charge is 0.270 e. The molecule has 1 saturated carbocycles. The Morgan fingerprint density at radius 1 is 1.43 bits per heavy atom. The van der Waals surface area contributed by atoms with E-state index >= 15 is 0 Å². The quantitative estimate of drug-likeness (QED) is 0.894. The van der Waals surface area contributed by atoms with Crippen molar-refractivity contribution in [1.29, 1.82) is 0 Å². The van der Waals surface area contributed by atoms with Gasteiger partial charge in [0.05, 0.1) is 11.2 Å². The molecule has 2 fully saturated rings. The van der Waals surface area contributed by atoms with E-state index in [2.05, 4.69) is 20.4 Å². The molecule has 2 N–H and O–H groups in total. The van der Waals surface area contributed by atoms with Gasteiger partial charge >= 0.3 is 0 Å². The first-order chi connectivity index (χ1) is 11.2. The van der Waals surface area contributed by atoms with Gasteiger partial charge in [0.1, 0.15) is 11.5 Å². The molecule has 0 bridgehead atoms. The van der Waals surface area contributed by atoms with Crippen molar-refractivity contribution in [3.05, 3.63) is 35.7 Å². The number of carbonyl (C=O) groups excluding carboxylic acids is 1. The average Bonchev–Trinajstić information content (AvgIpc) is 3.01. The van der Waals surface area contributed by atoms with Crippen LogP contribution in [0.15, 0.2) is 18.5 Å². The normalized spacial score (nSPS) is 20.4. The summed E-state index contributed by atoms with van der Waals surface area (Å²) in [6.07, 6.45) is 7.26. The lowest BCUT2D eigenvalue weighted by Crippen LogP contribution is -2.36. The number of H-pyrrole nitrogens is 1. The van der Waals surface area contributed by atoms with E-state index in [0.29, 0.717) is 11.6 Å². The summed E-state index contributed by atoms with van der Waals surface area (Å²) in [7, 11) is 1.82. The van der Waals surface area contributed by atoms with Crippen molar-refractivity contribution in [3.8, 4) is 0 Å². The summed E-state index contributed by atoms with van der Waals surface area (Å²) in [6, 6.07) is 1.92. The van der Waals surface area contributed by atoms with Crippen molar-refractivity contribution in [3.63, 3.8) is 0 Å². The number of aromatic nitrogens is 4. The molecule has 23 heavy (non-hydrogen) atoms. The average molecular weight is 315 g/mol. The molecule has 7 heteroatoms. The monoisotopic (exact) mass is 315 g/mol. The standard InChI is InChI=1S/C16H21N5O2/c1-21-13(10-12(20-21)11-2-8-23-9-3-11)14(22)19-16(4-5-16)15-17-6-7-18-15/h6-7,10-11H,2-5,8-9H2,1H3,(H,17,18)(H,19,22). The van der Waals surface area contributed by atoms with Crippen LogP contribution in [0.1, 0.15) is 53.6 Å². The predicted molar refractivity (Wildman–Crippen MR) is 83.0 cm³/mol. The van der Waals surface area contributed by atoms with E-state index < -0.39 is 0 Å². The van der Waals surface area contributed by atoms with Crippen LogP contribution in [0.3, 0.4) is 0 Å². The van der Waals surface area contributed by atoms with E-state index in [1.807, 2.05) is 13.1 Å². The Morgan fingerprint density at radius 2 is 2.22 bits per heavy atom. The Hall–Kier alpha value is -2.15. The van der Waals surface area contributed by atoms with Crippen LogP contribution >= 0.6 is 0 Å². The van der Waals surface area contributed by atoms with Gasteiger partial charge in [0.15, 0.2) is 0 Å². The number of hydrogen-bond acceptors (Lipinski definition) is 4. The summed E-state index contributed by atoms with van der Waals surface area (Å²) in [4.78, 5) is 20.1. The Kier molecular flexibility index (Phi) is 3.45. The molecule has 0 aromatic carbocycles. The zero-order valence-corrected chi connectivity index (χ0v) is 13.2. The minimum absolute atomic E-state index is 0.0905. The topological polar surface area (TPSA) is 84.8 Å². The minimum Gasteiger partial charge on any atom is -0.381 e. The molecule has 3 heterocycles. The molecule has 0 atom stereocenters. The summed E-state index contributed by atoms with van der Waals surface area (Å²) in [6.45, 7) is 1.54. The van der Waals surface area contributed by atoms with Gasteiger partial charge in [-0.1, -0.05) is 0 Å². The summed E-state index contributed by atoms with van der Waals surface area (Å²) in [5, 5.41) is 7.67. The summed E-state index contributed by atoms with van der Waals surface area (Å²) in [5.41, 5.74) is 1.26. The third-order valence-corrected chi connectivity index (χ3v) is 4.83. The van der Waals surface area contributed by atoms with Crippen LogP contribution in [-0.4, -0.2) is 38.9 Å². The lowest BCUT2D eigenvalue weighted by atomic mass is 9.96. The van der Waals surface area contributed by atoms with Crippen molar-refractivity contribution in [1.82, 2.24) is 25.1 Å². The third kappa shape index (κ3) is 2.65. The minimum atomic E-state index is -0.330. The number of hydrogen-bond donors (Lipinski definition) is 2. The maximum atomic E-state index is 12.7. The van der Waals surface area contributed by atoms with Gasteiger partial charge in [-0.05, 0) is 31.7 Å². The van der Waals surface area contributed by atoms with E-state index in [0.717, 1.165) is 50.4 Å². The number of rotatable bonds is 4. The van der Waals surface area contributed by atoms with Crippen molar-refractivity contribution in [2.45, 2.75) is 37.1 Å². The number of amides is 1. The molecule has 2 aromatic heterocycles. The van der Waals surface area contributed by atoms with E-state index in [1.54, 1.807) is 17.1 Å². The first kappa shape index (κ1) is 14.4. The van der Waals surface area contributed by atoms with E-state index in [-0.39, 0.29) is 11.4 Å². The molecule has 0 radical (unpaired) electrons. The number of carbonyl (C=O) groups is 1. The zero-order valence-electron chi connectivity index (χ0n) is 13.2. The predicted octanol–water partition coefficient (Wildman–Crippen LogP) is 1.46. The molecule has 7 nitrogen and oxygen atoms in total. The molecular weight excluding hydrogens is 294 g/mol. The van der Waals surface area contributed by atoms with Gasteiger partial charge in [0, 0.05) is 38.6 Å². The highest BCUT2D eigenvalue weighted by Crippen LogP contribution is 2.43. The first-order valence-electron chi connectivity index (χ1n) is 8.12. The molecule has 1 aliphatic heterocycles. The van der Waals surface area contributed by atoms with Gasteiger partial charge in [0.2, 0.25) is 0 Å². The number of nitrogens with one attached hydrogen (secondary N) is 2. The second kappa shape index (κ2) is 5.49. The molecule has 0 unspecified atom stereocenters. The molecule has 122 valence electrons. The lowest BCUT2D eigenvalue weighted by Gasteiger charge is -2.19. The highest BCUT2D eigenvalue weighted by molar-refractivity contribution is 5.93. The fourth-order valence-electron chi connectivity index (χ4n) is 3.25. The van der Waals surface area contributed by atoms with Crippen LogP contribution in [0.2, 0.25) is 0 Å². The number of ether oxygens (including phenoxy) is 1. The van der Waals surface area contributed by atoms with Crippen molar-refractivity contribution in [2.75, 3.05) is 13.2 Å². The van der Waals surface area contributed by atoms with Gasteiger partial charge in [-0.25, -0.2) is 4.98 Å². The van der Waals surface area contributed by atoms with E-state index in [4.69, 9.17) is 4.74 Å². The van der Waals surface area contributed by atoms with Gasteiger partial charge in [0.25, 0.3) is 5.91 Å². The molecule has 2 aromatic rings. The van der Waals surface area contributed by atoms with Gasteiger partial charge < -0.3 is 15.0 Å². The van der Waals surface area contributed by atoms with E-state index in [1.165, 1.54) is 0 Å². The molecule has 0 spiro atoms. The zero-order chi connectivity index (χ0) is 15.9. The van der Waals surface area contributed by atoms with Gasteiger partial charge in [-0.2, -0.15) is 5.10 Å². The van der Waals surface area contributed by atoms with Crippen LogP contribution < -0.4 is 5.32 Å². The number of aryl methyl sites for hydroxylation is 1. The fraction of sp³-hybridized carbons (Fsp3) is 0.562. The van der Waals surface area contributed by atoms with Crippen LogP contribution in [0, 0.1) is 0 Å². The van der Waals surface area contributed by atoms with Gasteiger partial charge in [-0.3, -0.25) is 9.48 Å². The number of imidazole rings is 1.